The van der Waals surface area contributed by atoms with E-state index in [-0.39, 0.29) is 11.8 Å². The molecule has 1 fully saturated rings. The van der Waals surface area contributed by atoms with Crippen molar-refractivity contribution in [2.75, 3.05) is 32.9 Å². The van der Waals surface area contributed by atoms with Crippen molar-refractivity contribution >= 4 is 23.4 Å². The number of carboxylic acid groups (broad SMARTS) is 1. The van der Waals surface area contributed by atoms with E-state index in [1.54, 1.807) is 4.90 Å². The molecule has 1 heterocycles. The van der Waals surface area contributed by atoms with Gasteiger partial charge >= 0.3 is 5.97 Å². The fourth-order valence-electron chi connectivity index (χ4n) is 0.961. The summed E-state index contributed by atoms with van der Waals surface area (Å²) in [7, 11) is 0. The summed E-state index contributed by atoms with van der Waals surface area (Å²) < 4.78 is 9.95. The third-order valence-corrected chi connectivity index (χ3v) is 1.96. The lowest BCUT2D eigenvalue weighted by Crippen LogP contribution is -2.41. The number of thiocarbonyl (C=S) groups is 1. The largest absolute Gasteiger partial charge is 0.479 e. The Morgan fingerprint density at radius 3 is 2.69 bits per heavy atom. The summed E-state index contributed by atoms with van der Waals surface area (Å²) >= 11 is 4.88. The molecule has 1 rings (SSSR count). The number of ether oxygens (including phenoxy) is 2. The van der Waals surface area contributed by atoms with Gasteiger partial charge in [-0.15, -0.1) is 0 Å². The Morgan fingerprint density at radius 1 is 1.54 bits per heavy atom. The van der Waals surface area contributed by atoms with Crippen LogP contribution in [0, 0.1) is 0 Å². The highest BCUT2D eigenvalue weighted by molar-refractivity contribution is 7.80. The van der Waals surface area contributed by atoms with Gasteiger partial charge in [0.1, 0.15) is 0 Å². The first-order valence-corrected chi connectivity index (χ1v) is 4.32. The predicted octanol–water partition coefficient (Wildman–Crippen LogP) is -0.295. The molecule has 6 heteroatoms. The van der Waals surface area contributed by atoms with E-state index in [1.807, 2.05) is 0 Å². The molecule has 1 aliphatic heterocycles. The Labute approximate surface area is 81.2 Å². The van der Waals surface area contributed by atoms with Crippen molar-refractivity contribution in [3.05, 3.63) is 0 Å². The maximum Gasteiger partial charge on any atom is 0.341 e. The second-order valence-electron chi connectivity index (χ2n) is 2.55. The van der Waals surface area contributed by atoms with Crippen LogP contribution >= 0.6 is 12.2 Å². The molecule has 1 N–H and O–H groups in total. The van der Waals surface area contributed by atoms with Crippen molar-refractivity contribution in [3.63, 3.8) is 0 Å². The number of nitrogens with zero attached hydrogens (tertiary/aromatic N) is 1. The van der Waals surface area contributed by atoms with Gasteiger partial charge in [0.2, 0.25) is 0 Å². The fraction of sp³-hybridized carbons (Fsp3) is 0.714. The smallest absolute Gasteiger partial charge is 0.341 e. The van der Waals surface area contributed by atoms with E-state index < -0.39 is 5.97 Å². The van der Waals surface area contributed by atoms with E-state index in [9.17, 15) is 4.79 Å². The molecular weight excluding hydrogens is 194 g/mol. The molecule has 0 unspecified atom stereocenters. The summed E-state index contributed by atoms with van der Waals surface area (Å²) in [4.78, 5) is 12.0. The van der Waals surface area contributed by atoms with E-state index in [0.29, 0.717) is 26.3 Å². The van der Waals surface area contributed by atoms with Crippen molar-refractivity contribution in [1.29, 1.82) is 0 Å². The highest BCUT2D eigenvalue weighted by Crippen LogP contribution is 1.99. The van der Waals surface area contributed by atoms with E-state index >= 15 is 0 Å². The van der Waals surface area contributed by atoms with Crippen LogP contribution in [0.15, 0.2) is 0 Å². The average molecular weight is 205 g/mol. The zero-order valence-electron chi connectivity index (χ0n) is 7.06. The van der Waals surface area contributed by atoms with Gasteiger partial charge in [0, 0.05) is 13.1 Å². The zero-order chi connectivity index (χ0) is 9.68. The van der Waals surface area contributed by atoms with E-state index in [2.05, 4.69) is 0 Å². The van der Waals surface area contributed by atoms with Crippen LogP contribution in [0.5, 0.6) is 0 Å². The first kappa shape index (κ1) is 10.2. The van der Waals surface area contributed by atoms with Gasteiger partial charge in [0.25, 0.3) is 5.17 Å². The molecule has 1 saturated heterocycles. The summed E-state index contributed by atoms with van der Waals surface area (Å²) in [6.07, 6.45) is 0. The maximum absolute atomic E-state index is 10.2. The Hall–Kier alpha value is -0.880. The molecule has 1 aliphatic rings. The van der Waals surface area contributed by atoms with Gasteiger partial charge in [-0.3, -0.25) is 0 Å². The molecular formula is C7H11NO4S. The summed E-state index contributed by atoms with van der Waals surface area (Å²) in [6, 6.07) is 0. The molecule has 74 valence electrons. The molecule has 0 spiro atoms. The quantitative estimate of drug-likeness (QED) is 0.625. The highest BCUT2D eigenvalue weighted by Gasteiger charge is 2.15. The SMILES string of the molecule is O=C(O)COC(=S)N1CCOCC1. The van der Waals surface area contributed by atoms with Crippen molar-refractivity contribution in [3.8, 4) is 0 Å². The zero-order valence-corrected chi connectivity index (χ0v) is 7.88. The van der Waals surface area contributed by atoms with E-state index in [1.165, 1.54) is 0 Å². The first-order valence-electron chi connectivity index (χ1n) is 3.91. The highest BCUT2D eigenvalue weighted by atomic mass is 32.1. The number of morpholine rings is 1. The van der Waals surface area contributed by atoms with Gasteiger partial charge in [-0.1, -0.05) is 0 Å². The minimum Gasteiger partial charge on any atom is -0.479 e. The Kier molecular flexibility index (Phi) is 3.91. The molecule has 13 heavy (non-hydrogen) atoms. The number of aliphatic carboxylic acids is 1. The molecule has 0 amide bonds. The van der Waals surface area contributed by atoms with Gasteiger partial charge in [-0.05, 0) is 12.2 Å². The van der Waals surface area contributed by atoms with Crippen LogP contribution in [0.2, 0.25) is 0 Å². The second kappa shape index (κ2) is 4.98. The molecule has 0 aromatic carbocycles. The van der Waals surface area contributed by atoms with Crippen LogP contribution < -0.4 is 0 Å². The summed E-state index contributed by atoms with van der Waals surface area (Å²) in [6.45, 7) is 2.17. The predicted molar refractivity (Wildman–Crippen MR) is 48.6 cm³/mol. The normalized spacial score (nSPS) is 16.8. The minimum atomic E-state index is -1.02. The van der Waals surface area contributed by atoms with Gasteiger partial charge in [0.15, 0.2) is 6.61 Å². The third kappa shape index (κ3) is 3.56. The summed E-state index contributed by atoms with van der Waals surface area (Å²) in [5.74, 6) is -1.02. The van der Waals surface area contributed by atoms with Crippen molar-refractivity contribution in [1.82, 2.24) is 4.90 Å². The van der Waals surface area contributed by atoms with Crippen LogP contribution in [0.4, 0.5) is 0 Å². The molecule has 0 radical (unpaired) electrons. The van der Waals surface area contributed by atoms with Gasteiger partial charge in [-0.25, -0.2) is 4.79 Å². The lowest BCUT2D eigenvalue weighted by atomic mass is 10.5. The maximum atomic E-state index is 10.2. The fourth-order valence-corrected chi connectivity index (χ4v) is 1.20. The van der Waals surface area contributed by atoms with E-state index in [0.717, 1.165) is 0 Å². The average Bonchev–Trinajstić information content (AvgIpc) is 2.15. The first-order chi connectivity index (χ1) is 6.20. The van der Waals surface area contributed by atoms with Gasteiger partial charge < -0.3 is 19.5 Å². The number of hydrogen-bond acceptors (Lipinski definition) is 4. The second-order valence-corrected chi connectivity index (χ2v) is 2.90. The van der Waals surface area contributed by atoms with Crippen molar-refractivity contribution < 1.29 is 19.4 Å². The van der Waals surface area contributed by atoms with Crippen LogP contribution in [-0.4, -0.2) is 54.1 Å². The molecule has 0 aromatic heterocycles. The minimum absolute atomic E-state index is 0.241. The number of rotatable bonds is 2. The molecule has 0 bridgehead atoms. The van der Waals surface area contributed by atoms with Crippen LogP contribution in [-0.2, 0) is 14.3 Å². The molecule has 0 atom stereocenters. The van der Waals surface area contributed by atoms with Gasteiger partial charge in [-0.2, -0.15) is 0 Å². The Balaban J connectivity index is 2.25. The van der Waals surface area contributed by atoms with Crippen LogP contribution in [0.3, 0.4) is 0 Å². The number of hydrogen-bond donors (Lipinski definition) is 1. The monoisotopic (exact) mass is 205 g/mol. The summed E-state index contributed by atoms with van der Waals surface area (Å²) in [5, 5.41) is 8.57. The molecule has 0 aromatic rings. The van der Waals surface area contributed by atoms with Crippen molar-refractivity contribution in [2.45, 2.75) is 0 Å². The third-order valence-electron chi connectivity index (χ3n) is 1.59. The topological polar surface area (TPSA) is 59.0 Å². The standard InChI is InChI=1S/C7H11NO4S/c9-6(10)5-12-7(13)8-1-3-11-4-2-8/h1-5H2,(H,9,10). The number of carbonyl (C=O) groups is 1. The lowest BCUT2D eigenvalue weighted by Gasteiger charge is -2.27. The van der Waals surface area contributed by atoms with Crippen LogP contribution in [0.25, 0.3) is 0 Å². The molecule has 5 nitrogen and oxygen atoms in total. The number of carboxylic acids is 1. The van der Waals surface area contributed by atoms with Crippen LogP contribution in [0.1, 0.15) is 0 Å². The molecule has 0 saturated carbocycles. The molecule has 0 aliphatic carbocycles. The Morgan fingerprint density at radius 2 is 2.15 bits per heavy atom. The van der Waals surface area contributed by atoms with Crippen molar-refractivity contribution in [2.24, 2.45) is 0 Å². The lowest BCUT2D eigenvalue weighted by molar-refractivity contribution is -0.139. The van der Waals surface area contributed by atoms with E-state index in [4.69, 9.17) is 26.8 Å². The Bertz CT molecular complexity index is 203. The van der Waals surface area contributed by atoms with Gasteiger partial charge in [0.05, 0.1) is 13.2 Å². The summed E-state index contributed by atoms with van der Waals surface area (Å²) in [5.41, 5.74) is 0.